The molecule has 0 aromatic heterocycles. The fourth-order valence-electron chi connectivity index (χ4n) is 0.743. The van der Waals surface area contributed by atoms with E-state index in [0.29, 0.717) is 0 Å². The van der Waals surface area contributed by atoms with E-state index in [1.807, 2.05) is 6.08 Å². The Balaban J connectivity index is 0.000000153. The highest BCUT2D eigenvalue weighted by Gasteiger charge is 2.10. The fourth-order valence-corrected chi connectivity index (χ4v) is 0.743. The fraction of sp³-hybridized carbons (Fsp3) is 0.250. The van der Waals surface area contributed by atoms with Crippen LogP contribution in [0, 0.1) is 0 Å². The van der Waals surface area contributed by atoms with E-state index in [-0.39, 0.29) is 0 Å². The number of hydrogen-bond acceptors (Lipinski definition) is 6. The minimum atomic E-state index is -1.18. The molecule has 2 rings (SSSR count). The summed E-state index contributed by atoms with van der Waals surface area (Å²) in [7, 11) is 0. The number of aliphatic hydroxyl groups excluding tert-OH is 1. The number of fused-ring (bicyclic) bond motifs is 1. The van der Waals surface area contributed by atoms with Crippen LogP contribution in [0.25, 0.3) is 0 Å². The van der Waals surface area contributed by atoms with Gasteiger partial charge in [-0.25, -0.2) is 15.0 Å². The predicted molar refractivity (Wildman–Crippen MR) is 55.2 cm³/mol. The van der Waals surface area contributed by atoms with Gasteiger partial charge in [0.05, 0.1) is 6.61 Å². The van der Waals surface area contributed by atoms with Gasteiger partial charge in [0.1, 0.15) is 18.1 Å². The molecule has 2 heterocycles. The smallest absolute Gasteiger partial charge is 0.322 e. The van der Waals surface area contributed by atoms with Gasteiger partial charge in [0.15, 0.2) is 5.84 Å². The molecule has 7 nitrogen and oxygen atoms in total. The third-order valence-corrected chi connectivity index (χ3v) is 1.55. The monoisotopic (exact) mass is 210 g/mol. The van der Waals surface area contributed by atoms with Crippen LogP contribution in [0.2, 0.25) is 0 Å². The van der Waals surface area contributed by atoms with Gasteiger partial charge in [-0.05, 0) is 6.08 Å². The Morgan fingerprint density at radius 1 is 1.53 bits per heavy atom. The van der Waals surface area contributed by atoms with E-state index in [4.69, 9.17) is 15.9 Å². The molecule has 0 radical (unpaired) electrons. The van der Waals surface area contributed by atoms with Crippen LogP contribution >= 0.6 is 0 Å². The summed E-state index contributed by atoms with van der Waals surface area (Å²) < 4.78 is 0. The number of allylic oxidation sites excluding steroid dienone is 1. The number of nitrogens with zero attached hydrogens (tertiary/aromatic N) is 3. The molecule has 0 aliphatic carbocycles. The first-order chi connectivity index (χ1) is 7.15. The van der Waals surface area contributed by atoms with Gasteiger partial charge in [-0.2, -0.15) is 0 Å². The Kier molecular flexibility index (Phi) is 3.83. The van der Waals surface area contributed by atoms with Crippen molar-refractivity contribution in [2.75, 3.05) is 6.61 Å². The van der Waals surface area contributed by atoms with Crippen molar-refractivity contribution in [3.63, 3.8) is 0 Å². The highest BCUT2D eigenvalue weighted by molar-refractivity contribution is 6.15. The summed E-state index contributed by atoms with van der Waals surface area (Å²) in [6, 6.07) is -1.13. The number of hydrogen-bond donors (Lipinski definition) is 3. The van der Waals surface area contributed by atoms with Crippen molar-refractivity contribution in [3.8, 4) is 0 Å². The molecule has 80 valence electrons. The lowest BCUT2D eigenvalue weighted by Crippen LogP contribution is -2.33. The summed E-state index contributed by atoms with van der Waals surface area (Å²) in [6.07, 6.45) is 5.05. The van der Waals surface area contributed by atoms with Crippen LogP contribution in [0.5, 0.6) is 0 Å². The van der Waals surface area contributed by atoms with Crippen molar-refractivity contribution in [3.05, 3.63) is 11.8 Å². The number of rotatable bonds is 2. The minimum Gasteiger partial charge on any atom is -0.480 e. The SMILES string of the molecule is C1=NC2=CC=NC2=N1.N[C@@H](CO)C(=O)O. The highest BCUT2D eigenvalue weighted by Crippen LogP contribution is 2.09. The molecule has 15 heavy (non-hydrogen) atoms. The van der Waals surface area contributed by atoms with Crippen LogP contribution in [-0.4, -0.2) is 47.2 Å². The Bertz CT molecular complexity index is 344. The van der Waals surface area contributed by atoms with Crippen LogP contribution in [0.4, 0.5) is 0 Å². The Morgan fingerprint density at radius 3 is 2.73 bits per heavy atom. The van der Waals surface area contributed by atoms with E-state index >= 15 is 0 Å². The molecule has 0 saturated heterocycles. The number of carboxylic acid groups (broad SMARTS) is 1. The van der Waals surface area contributed by atoms with Gasteiger partial charge in [0.2, 0.25) is 0 Å². The van der Waals surface area contributed by atoms with E-state index in [2.05, 4.69) is 15.0 Å². The normalized spacial score (nSPS) is 17.5. The average Bonchev–Trinajstić information content (AvgIpc) is 2.78. The van der Waals surface area contributed by atoms with Crippen molar-refractivity contribution in [1.82, 2.24) is 0 Å². The van der Waals surface area contributed by atoms with Crippen LogP contribution in [0.1, 0.15) is 0 Å². The molecule has 4 N–H and O–H groups in total. The number of carboxylic acids is 1. The summed E-state index contributed by atoms with van der Waals surface area (Å²) in [6.45, 7) is -0.505. The average molecular weight is 210 g/mol. The van der Waals surface area contributed by atoms with Crippen LogP contribution in [0.15, 0.2) is 26.8 Å². The van der Waals surface area contributed by atoms with Gasteiger partial charge in [0.25, 0.3) is 0 Å². The molecule has 2 aliphatic rings. The number of amidine groups is 1. The molecule has 0 saturated carbocycles. The van der Waals surface area contributed by atoms with E-state index < -0.39 is 18.6 Å². The van der Waals surface area contributed by atoms with Crippen molar-refractivity contribution in [2.45, 2.75) is 6.04 Å². The van der Waals surface area contributed by atoms with Crippen LogP contribution in [0.3, 0.4) is 0 Å². The summed E-state index contributed by atoms with van der Waals surface area (Å²) in [4.78, 5) is 21.3. The molecular formula is C8H10N4O3. The van der Waals surface area contributed by atoms with Gasteiger partial charge in [-0.15, -0.1) is 0 Å². The minimum absolute atomic E-state index is 0.505. The lowest BCUT2D eigenvalue weighted by atomic mass is 10.3. The highest BCUT2D eigenvalue weighted by atomic mass is 16.4. The summed E-state index contributed by atoms with van der Waals surface area (Å²) >= 11 is 0. The standard InChI is InChI=1S/C5H3N3.C3H7NO3/c1-2-6-5-4(1)7-3-8-5;4-2(1-5)3(6)7/h1-3H;2,5H,1,4H2,(H,6,7)/t;2-/m.0/s1. The van der Waals surface area contributed by atoms with E-state index in [9.17, 15) is 4.79 Å². The second kappa shape index (κ2) is 5.13. The van der Waals surface area contributed by atoms with Gasteiger partial charge in [-0.1, -0.05) is 0 Å². The maximum absolute atomic E-state index is 9.65. The van der Waals surface area contributed by atoms with E-state index in [0.717, 1.165) is 11.5 Å². The van der Waals surface area contributed by atoms with Gasteiger partial charge in [0, 0.05) is 6.21 Å². The van der Waals surface area contributed by atoms with Crippen molar-refractivity contribution in [1.29, 1.82) is 0 Å². The lowest BCUT2D eigenvalue weighted by Gasteiger charge is -1.96. The third kappa shape index (κ3) is 3.08. The first-order valence-electron chi connectivity index (χ1n) is 4.09. The molecule has 0 unspecified atom stereocenters. The number of aliphatic imine (C=N–C) groups is 3. The van der Waals surface area contributed by atoms with Crippen molar-refractivity contribution in [2.24, 2.45) is 20.7 Å². The molecule has 0 amide bonds. The van der Waals surface area contributed by atoms with E-state index in [1.165, 1.54) is 6.34 Å². The number of aliphatic hydroxyl groups is 1. The van der Waals surface area contributed by atoms with Gasteiger partial charge < -0.3 is 15.9 Å². The Labute approximate surface area is 85.4 Å². The van der Waals surface area contributed by atoms with Gasteiger partial charge >= 0.3 is 5.97 Å². The topological polar surface area (TPSA) is 121 Å². The molecule has 0 aromatic rings. The molecule has 0 bridgehead atoms. The second-order valence-electron chi connectivity index (χ2n) is 2.65. The molecular weight excluding hydrogens is 200 g/mol. The number of nitrogens with two attached hydrogens (primary N) is 1. The quantitative estimate of drug-likeness (QED) is 0.529. The van der Waals surface area contributed by atoms with Gasteiger partial charge in [-0.3, -0.25) is 4.79 Å². The molecule has 7 heteroatoms. The van der Waals surface area contributed by atoms with Crippen molar-refractivity contribution < 1.29 is 15.0 Å². The Morgan fingerprint density at radius 2 is 2.27 bits per heavy atom. The predicted octanol–water partition coefficient (Wildman–Crippen LogP) is -1.21. The second-order valence-corrected chi connectivity index (χ2v) is 2.65. The molecule has 0 spiro atoms. The lowest BCUT2D eigenvalue weighted by molar-refractivity contribution is -0.139. The zero-order valence-electron chi connectivity index (χ0n) is 7.74. The Hall–Kier alpha value is -1.86. The molecule has 0 aromatic carbocycles. The molecule has 2 aliphatic heterocycles. The first-order valence-corrected chi connectivity index (χ1v) is 4.09. The zero-order chi connectivity index (χ0) is 11.3. The largest absolute Gasteiger partial charge is 0.480 e. The van der Waals surface area contributed by atoms with Crippen LogP contribution < -0.4 is 5.73 Å². The maximum Gasteiger partial charge on any atom is 0.322 e. The maximum atomic E-state index is 9.65. The van der Waals surface area contributed by atoms with E-state index in [1.54, 1.807) is 6.21 Å². The zero-order valence-corrected chi connectivity index (χ0v) is 7.74. The summed E-state index contributed by atoms with van der Waals surface area (Å²) in [5.74, 6) is -0.437. The van der Waals surface area contributed by atoms with Crippen molar-refractivity contribution >= 4 is 24.4 Å². The third-order valence-electron chi connectivity index (χ3n) is 1.55. The number of carbonyl (C=O) groups is 1. The number of aliphatic carboxylic acids is 1. The molecule has 0 fully saturated rings. The summed E-state index contributed by atoms with van der Waals surface area (Å²) in [5.41, 5.74) is 5.65. The first kappa shape index (κ1) is 11.2. The summed E-state index contributed by atoms with van der Waals surface area (Å²) in [5, 5.41) is 15.9. The van der Waals surface area contributed by atoms with Crippen LogP contribution in [-0.2, 0) is 4.79 Å². The molecule has 1 atom stereocenters.